The van der Waals surface area contributed by atoms with Crippen LogP contribution in [0, 0.1) is 11.3 Å². The fraction of sp³-hybridized carbons (Fsp3) is 0.639. The Morgan fingerprint density at radius 1 is 0.821 bits per heavy atom. The molecule has 0 aromatic heterocycles. The Morgan fingerprint density at radius 2 is 1.46 bits per heavy atom. The molecule has 2 aliphatic carbocycles. The van der Waals surface area contributed by atoms with E-state index < -0.39 is 5.54 Å². The highest BCUT2D eigenvalue weighted by atomic mass is 15.3. The summed E-state index contributed by atoms with van der Waals surface area (Å²) in [6.45, 7) is 16.6. The zero-order valence-corrected chi connectivity index (χ0v) is 25.3. The molecular weight excluding hydrogens is 474 g/mol. The third kappa shape index (κ3) is 4.66. The quantitative estimate of drug-likeness (QED) is 0.365. The van der Waals surface area contributed by atoms with Gasteiger partial charge in [0.1, 0.15) is 5.54 Å². The van der Waals surface area contributed by atoms with Crippen LogP contribution < -0.4 is 0 Å². The molecule has 0 bridgehead atoms. The van der Waals surface area contributed by atoms with Crippen LogP contribution in [0.5, 0.6) is 0 Å². The highest BCUT2D eigenvalue weighted by Crippen LogP contribution is 2.52. The van der Waals surface area contributed by atoms with E-state index in [-0.39, 0.29) is 16.6 Å². The predicted molar refractivity (Wildman–Crippen MR) is 161 cm³/mol. The maximum absolute atomic E-state index is 10.8. The van der Waals surface area contributed by atoms with Crippen LogP contribution >= 0.6 is 0 Å². The minimum Gasteiger partial charge on any atom is -0.289 e. The van der Waals surface area contributed by atoms with Gasteiger partial charge >= 0.3 is 0 Å². The molecule has 2 unspecified atom stereocenters. The summed E-state index contributed by atoms with van der Waals surface area (Å²) in [5.41, 5.74) is 6.97. The highest BCUT2D eigenvalue weighted by Gasteiger charge is 2.51. The van der Waals surface area contributed by atoms with Crippen LogP contribution in [0.15, 0.2) is 42.5 Å². The average Bonchev–Trinajstić information content (AvgIpc) is 3.82. The first-order valence-electron chi connectivity index (χ1n) is 15.7. The molecule has 6 rings (SSSR count). The minimum atomic E-state index is -0.521. The van der Waals surface area contributed by atoms with Crippen LogP contribution in [0.3, 0.4) is 0 Å². The van der Waals surface area contributed by atoms with Crippen molar-refractivity contribution in [1.82, 2.24) is 9.80 Å². The molecular formula is C36H49N3. The molecule has 4 aliphatic rings. The van der Waals surface area contributed by atoms with Gasteiger partial charge in [-0.3, -0.25) is 9.80 Å². The molecule has 3 nitrogen and oxygen atoms in total. The number of rotatable bonds is 7. The molecule has 208 valence electrons. The van der Waals surface area contributed by atoms with E-state index in [1.807, 2.05) is 0 Å². The van der Waals surface area contributed by atoms with Gasteiger partial charge in [-0.25, -0.2) is 0 Å². The van der Waals surface area contributed by atoms with Gasteiger partial charge in [0.15, 0.2) is 0 Å². The maximum Gasteiger partial charge on any atom is 0.135 e. The van der Waals surface area contributed by atoms with Crippen molar-refractivity contribution >= 4 is 0 Å². The van der Waals surface area contributed by atoms with Crippen LogP contribution in [0.1, 0.15) is 133 Å². The monoisotopic (exact) mass is 523 g/mol. The first-order valence-corrected chi connectivity index (χ1v) is 15.7. The second-order valence-electron chi connectivity index (χ2n) is 15.0. The van der Waals surface area contributed by atoms with E-state index in [4.69, 9.17) is 0 Å². The molecule has 0 spiro atoms. The van der Waals surface area contributed by atoms with Gasteiger partial charge in [0.2, 0.25) is 0 Å². The van der Waals surface area contributed by atoms with E-state index in [9.17, 15) is 5.26 Å². The van der Waals surface area contributed by atoms with Gasteiger partial charge in [0.05, 0.1) is 6.07 Å². The second kappa shape index (κ2) is 9.46. The lowest BCUT2D eigenvalue weighted by atomic mass is 9.79. The minimum absolute atomic E-state index is 0.111. The summed E-state index contributed by atoms with van der Waals surface area (Å²) in [6.07, 6.45) is 10.7. The SMILES string of the molecule is CC(C)(C)N1CCCC1(C)c1ccc(CC(C)(C)N2CCCC2(C#N)c2ccccc2C2CC2)cc1C1CC1. The number of likely N-dealkylation sites (tertiary alicyclic amines) is 2. The Labute approximate surface area is 237 Å². The van der Waals surface area contributed by atoms with Gasteiger partial charge in [-0.15, -0.1) is 0 Å². The van der Waals surface area contributed by atoms with E-state index >= 15 is 0 Å². The normalized spacial score (nSPS) is 28.6. The topological polar surface area (TPSA) is 30.3 Å². The molecule has 2 saturated heterocycles. The summed E-state index contributed by atoms with van der Waals surface area (Å²) in [4.78, 5) is 5.33. The Bertz CT molecular complexity index is 1270. The fourth-order valence-corrected chi connectivity index (χ4v) is 8.58. The van der Waals surface area contributed by atoms with E-state index in [0.29, 0.717) is 5.92 Å². The van der Waals surface area contributed by atoms with Crippen LogP contribution in [-0.2, 0) is 17.5 Å². The van der Waals surface area contributed by atoms with E-state index in [1.165, 1.54) is 61.8 Å². The number of hydrogen-bond acceptors (Lipinski definition) is 3. The molecule has 39 heavy (non-hydrogen) atoms. The number of nitriles is 1. The average molecular weight is 524 g/mol. The standard InChI is InChI=1S/C36H49N3/c1-33(2,3)38-21-9-19-35(38,6)31-18-13-26(23-30(31)28-16-17-28)24-34(4,5)39-22-10-20-36(39,25-37)32-12-8-7-11-29(32)27-14-15-27/h7-8,11-13,18,23,27-28H,9-10,14-17,19-22,24H2,1-6H3. The lowest BCUT2D eigenvalue weighted by Gasteiger charge is -2.46. The lowest BCUT2D eigenvalue weighted by molar-refractivity contribution is 0.0528. The van der Waals surface area contributed by atoms with Crippen LogP contribution in [0.2, 0.25) is 0 Å². The summed E-state index contributed by atoms with van der Waals surface area (Å²) in [5.74, 6) is 1.37. The highest BCUT2D eigenvalue weighted by molar-refractivity contribution is 5.45. The number of nitrogens with zero attached hydrogens (tertiary/aromatic N) is 3. The van der Waals surface area contributed by atoms with Gasteiger partial charge in [-0.2, -0.15) is 5.26 Å². The van der Waals surface area contributed by atoms with Crippen LogP contribution in [-0.4, -0.2) is 34.0 Å². The van der Waals surface area contributed by atoms with E-state index in [0.717, 1.165) is 31.7 Å². The Hall–Kier alpha value is -2.15. The summed E-state index contributed by atoms with van der Waals surface area (Å²) in [7, 11) is 0. The summed E-state index contributed by atoms with van der Waals surface area (Å²) >= 11 is 0. The van der Waals surface area contributed by atoms with Crippen molar-refractivity contribution in [2.75, 3.05) is 13.1 Å². The molecule has 2 heterocycles. The fourth-order valence-electron chi connectivity index (χ4n) is 8.58. The molecule has 2 aromatic rings. The third-order valence-corrected chi connectivity index (χ3v) is 10.5. The molecule has 2 aromatic carbocycles. The first kappa shape index (κ1) is 27.0. The van der Waals surface area contributed by atoms with Crippen molar-refractivity contribution in [2.45, 2.75) is 133 Å². The molecule has 2 atom stereocenters. The number of hydrogen-bond donors (Lipinski definition) is 0. The van der Waals surface area contributed by atoms with Crippen molar-refractivity contribution in [3.63, 3.8) is 0 Å². The zero-order valence-electron chi connectivity index (χ0n) is 25.3. The van der Waals surface area contributed by atoms with Crippen LogP contribution in [0.25, 0.3) is 0 Å². The smallest absolute Gasteiger partial charge is 0.135 e. The molecule has 2 saturated carbocycles. The van der Waals surface area contributed by atoms with Crippen molar-refractivity contribution < 1.29 is 0 Å². The van der Waals surface area contributed by atoms with Crippen molar-refractivity contribution in [1.29, 1.82) is 5.26 Å². The molecule has 0 radical (unpaired) electrons. The number of benzene rings is 2. The summed E-state index contributed by atoms with van der Waals surface area (Å²) in [6, 6.07) is 19.2. The van der Waals surface area contributed by atoms with Crippen LogP contribution in [0.4, 0.5) is 0 Å². The van der Waals surface area contributed by atoms with E-state index in [2.05, 4.69) is 99.9 Å². The Kier molecular flexibility index (Phi) is 6.56. The largest absolute Gasteiger partial charge is 0.289 e. The molecule has 2 aliphatic heterocycles. The third-order valence-electron chi connectivity index (χ3n) is 10.5. The molecule has 0 N–H and O–H groups in total. The molecule has 3 heteroatoms. The van der Waals surface area contributed by atoms with Gasteiger partial charge < -0.3 is 0 Å². The summed E-state index contributed by atoms with van der Waals surface area (Å²) in [5, 5.41) is 10.8. The van der Waals surface area contributed by atoms with Gasteiger partial charge in [-0.05, 0) is 146 Å². The predicted octanol–water partition coefficient (Wildman–Crippen LogP) is 8.39. The van der Waals surface area contributed by atoms with Gasteiger partial charge in [0, 0.05) is 23.2 Å². The van der Waals surface area contributed by atoms with Gasteiger partial charge in [0.25, 0.3) is 0 Å². The molecule has 0 amide bonds. The second-order valence-corrected chi connectivity index (χ2v) is 15.0. The first-order chi connectivity index (χ1) is 18.5. The van der Waals surface area contributed by atoms with Gasteiger partial charge in [-0.1, -0.05) is 42.5 Å². The van der Waals surface area contributed by atoms with Crippen molar-refractivity contribution in [3.05, 3.63) is 70.3 Å². The van der Waals surface area contributed by atoms with E-state index in [1.54, 1.807) is 11.1 Å². The zero-order chi connectivity index (χ0) is 27.6. The summed E-state index contributed by atoms with van der Waals surface area (Å²) < 4.78 is 0. The van der Waals surface area contributed by atoms with Crippen molar-refractivity contribution in [3.8, 4) is 6.07 Å². The Balaban J connectivity index is 1.33. The molecule has 4 fully saturated rings. The Morgan fingerprint density at radius 3 is 2.13 bits per heavy atom. The lowest BCUT2D eigenvalue weighted by Crippen LogP contribution is -2.53. The maximum atomic E-state index is 10.8. The van der Waals surface area contributed by atoms with Crippen molar-refractivity contribution in [2.24, 2.45) is 0 Å².